The monoisotopic (exact) mass is 204 g/mol. The van der Waals surface area contributed by atoms with Gasteiger partial charge in [0.05, 0.1) is 26.4 Å². The lowest BCUT2D eigenvalue weighted by Gasteiger charge is -2.21. The quantitative estimate of drug-likeness (QED) is 0.333. The molecule has 0 aromatic rings. The van der Waals surface area contributed by atoms with Crippen molar-refractivity contribution in [1.82, 2.24) is 5.43 Å². The molecule has 2 atom stereocenters. The van der Waals surface area contributed by atoms with E-state index >= 15 is 0 Å². The van der Waals surface area contributed by atoms with Crippen LogP contribution in [0, 0.1) is 5.92 Å². The number of nitrogens with one attached hydrogen (secondary N) is 1. The molecule has 1 aliphatic heterocycles. The van der Waals surface area contributed by atoms with Crippen LogP contribution in [0.5, 0.6) is 0 Å². The fourth-order valence-electron chi connectivity index (χ4n) is 1.54. The predicted octanol–water partition coefficient (Wildman–Crippen LogP) is -0.482. The van der Waals surface area contributed by atoms with Gasteiger partial charge in [-0.2, -0.15) is 0 Å². The molecule has 0 aromatic heterocycles. The molecule has 0 bridgehead atoms. The van der Waals surface area contributed by atoms with Crippen LogP contribution >= 0.6 is 0 Å². The van der Waals surface area contributed by atoms with Gasteiger partial charge >= 0.3 is 0 Å². The molecule has 1 rings (SSSR count). The van der Waals surface area contributed by atoms with E-state index in [9.17, 15) is 0 Å². The van der Waals surface area contributed by atoms with Gasteiger partial charge in [0.1, 0.15) is 0 Å². The van der Waals surface area contributed by atoms with Gasteiger partial charge in [0.25, 0.3) is 0 Å². The third kappa shape index (κ3) is 3.89. The molecule has 84 valence electrons. The SMILES string of the molecule is COCCOCC(NN)C1CCOC1. The lowest BCUT2D eigenvalue weighted by molar-refractivity contribution is 0.0472. The minimum atomic E-state index is 0.189. The second-order valence-corrected chi connectivity index (χ2v) is 3.46. The van der Waals surface area contributed by atoms with Gasteiger partial charge in [0, 0.05) is 25.7 Å². The molecular weight excluding hydrogens is 184 g/mol. The first-order chi connectivity index (χ1) is 6.88. The van der Waals surface area contributed by atoms with Crippen LogP contribution in [0.2, 0.25) is 0 Å². The largest absolute Gasteiger partial charge is 0.382 e. The Morgan fingerprint density at radius 1 is 1.57 bits per heavy atom. The zero-order valence-corrected chi connectivity index (χ0v) is 8.70. The summed E-state index contributed by atoms with van der Waals surface area (Å²) in [5.74, 6) is 5.93. The highest BCUT2D eigenvalue weighted by molar-refractivity contribution is 4.77. The molecule has 0 aliphatic carbocycles. The number of rotatable bonds is 7. The van der Waals surface area contributed by atoms with Crippen molar-refractivity contribution in [2.75, 3.05) is 40.1 Å². The Labute approximate surface area is 84.9 Å². The summed E-state index contributed by atoms with van der Waals surface area (Å²) in [4.78, 5) is 0. The molecule has 3 N–H and O–H groups in total. The Hall–Kier alpha value is -0.200. The van der Waals surface area contributed by atoms with Gasteiger partial charge in [-0.05, 0) is 6.42 Å². The van der Waals surface area contributed by atoms with E-state index in [1.54, 1.807) is 7.11 Å². The van der Waals surface area contributed by atoms with E-state index in [-0.39, 0.29) is 6.04 Å². The Bertz CT molecular complexity index is 140. The van der Waals surface area contributed by atoms with Crippen molar-refractivity contribution in [3.63, 3.8) is 0 Å². The lowest BCUT2D eigenvalue weighted by atomic mass is 10.0. The molecule has 0 spiro atoms. The van der Waals surface area contributed by atoms with Gasteiger partial charge in [-0.1, -0.05) is 0 Å². The van der Waals surface area contributed by atoms with Crippen molar-refractivity contribution >= 4 is 0 Å². The number of hydrogen-bond acceptors (Lipinski definition) is 5. The molecule has 5 heteroatoms. The summed E-state index contributed by atoms with van der Waals surface area (Å²) in [7, 11) is 1.66. The maximum atomic E-state index is 5.45. The fraction of sp³-hybridized carbons (Fsp3) is 1.00. The molecule has 5 nitrogen and oxygen atoms in total. The van der Waals surface area contributed by atoms with E-state index < -0.39 is 0 Å². The molecule has 0 radical (unpaired) electrons. The summed E-state index contributed by atoms with van der Waals surface area (Å²) in [6.45, 7) is 3.47. The molecule has 2 unspecified atom stereocenters. The zero-order chi connectivity index (χ0) is 10.2. The zero-order valence-electron chi connectivity index (χ0n) is 8.70. The molecule has 1 aliphatic rings. The molecule has 0 aromatic carbocycles. The van der Waals surface area contributed by atoms with Crippen molar-refractivity contribution in [2.24, 2.45) is 11.8 Å². The number of hydrogen-bond donors (Lipinski definition) is 2. The van der Waals surface area contributed by atoms with E-state index in [1.165, 1.54) is 0 Å². The van der Waals surface area contributed by atoms with Crippen LogP contribution in [0.4, 0.5) is 0 Å². The van der Waals surface area contributed by atoms with Gasteiger partial charge in [0.15, 0.2) is 0 Å². The van der Waals surface area contributed by atoms with E-state index in [0.717, 1.165) is 19.6 Å². The van der Waals surface area contributed by atoms with Crippen molar-refractivity contribution in [2.45, 2.75) is 12.5 Å². The first kappa shape index (κ1) is 11.9. The number of ether oxygens (including phenoxy) is 3. The predicted molar refractivity (Wildman–Crippen MR) is 52.7 cm³/mol. The molecule has 0 saturated carbocycles. The molecule has 1 saturated heterocycles. The smallest absolute Gasteiger partial charge is 0.0701 e. The minimum Gasteiger partial charge on any atom is -0.382 e. The number of nitrogens with two attached hydrogens (primary N) is 1. The summed E-state index contributed by atoms with van der Waals surface area (Å²) in [6, 6.07) is 0.189. The summed E-state index contributed by atoms with van der Waals surface area (Å²) < 4.78 is 15.6. The minimum absolute atomic E-state index is 0.189. The standard InChI is InChI=1S/C9H20N2O3/c1-12-4-5-14-7-9(11-10)8-2-3-13-6-8/h8-9,11H,2-7,10H2,1H3. The Kier molecular flexibility index (Phi) is 6.05. The average molecular weight is 204 g/mol. The average Bonchev–Trinajstić information content (AvgIpc) is 2.71. The topological polar surface area (TPSA) is 65.7 Å². The van der Waals surface area contributed by atoms with Gasteiger partial charge < -0.3 is 14.2 Å². The van der Waals surface area contributed by atoms with Crippen molar-refractivity contribution in [3.8, 4) is 0 Å². The second kappa shape index (κ2) is 7.14. The van der Waals surface area contributed by atoms with Crippen molar-refractivity contribution in [3.05, 3.63) is 0 Å². The summed E-state index contributed by atoms with van der Waals surface area (Å²) in [5.41, 5.74) is 2.78. The Morgan fingerprint density at radius 2 is 2.43 bits per heavy atom. The maximum Gasteiger partial charge on any atom is 0.0701 e. The first-order valence-electron chi connectivity index (χ1n) is 4.99. The summed E-state index contributed by atoms with van der Waals surface area (Å²) in [5, 5.41) is 0. The lowest BCUT2D eigenvalue weighted by Crippen LogP contribution is -2.44. The van der Waals surface area contributed by atoms with Gasteiger partial charge in [-0.15, -0.1) is 0 Å². The highest BCUT2D eigenvalue weighted by Crippen LogP contribution is 2.16. The van der Waals surface area contributed by atoms with Crippen LogP contribution in [-0.4, -0.2) is 46.2 Å². The van der Waals surface area contributed by atoms with Crippen LogP contribution in [0.3, 0.4) is 0 Å². The van der Waals surface area contributed by atoms with Gasteiger partial charge in [-0.25, -0.2) is 0 Å². The summed E-state index contributed by atoms with van der Waals surface area (Å²) in [6.07, 6.45) is 1.06. The molecule has 1 fully saturated rings. The second-order valence-electron chi connectivity index (χ2n) is 3.46. The van der Waals surface area contributed by atoms with Crippen LogP contribution in [0.1, 0.15) is 6.42 Å². The number of hydrazine groups is 1. The van der Waals surface area contributed by atoms with Crippen molar-refractivity contribution < 1.29 is 14.2 Å². The highest BCUT2D eigenvalue weighted by Gasteiger charge is 2.24. The van der Waals surface area contributed by atoms with Crippen LogP contribution < -0.4 is 11.3 Å². The van der Waals surface area contributed by atoms with E-state index in [2.05, 4.69) is 5.43 Å². The van der Waals surface area contributed by atoms with Gasteiger partial charge in [0.2, 0.25) is 0 Å². The molecule has 1 heterocycles. The maximum absolute atomic E-state index is 5.45. The van der Waals surface area contributed by atoms with Crippen LogP contribution in [-0.2, 0) is 14.2 Å². The Balaban J connectivity index is 2.11. The molecule has 0 amide bonds. The molecular formula is C9H20N2O3. The highest BCUT2D eigenvalue weighted by atomic mass is 16.5. The third-order valence-electron chi connectivity index (χ3n) is 2.48. The van der Waals surface area contributed by atoms with E-state index in [4.69, 9.17) is 20.1 Å². The first-order valence-corrected chi connectivity index (χ1v) is 4.99. The van der Waals surface area contributed by atoms with E-state index in [1.807, 2.05) is 0 Å². The number of methoxy groups -OCH3 is 1. The van der Waals surface area contributed by atoms with Crippen LogP contribution in [0.25, 0.3) is 0 Å². The van der Waals surface area contributed by atoms with Crippen molar-refractivity contribution in [1.29, 1.82) is 0 Å². The van der Waals surface area contributed by atoms with E-state index in [0.29, 0.717) is 25.7 Å². The third-order valence-corrected chi connectivity index (χ3v) is 2.48. The molecule has 14 heavy (non-hydrogen) atoms. The normalized spacial score (nSPS) is 24.0. The fourth-order valence-corrected chi connectivity index (χ4v) is 1.54. The van der Waals surface area contributed by atoms with Gasteiger partial charge in [-0.3, -0.25) is 11.3 Å². The summed E-state index contributed by atoms with van der Waals surface area (Å²) >= 11 is 0. The van der Waals surface area contributed by atoms with Crippen LogP contribution in [0.15, 0.2) is 0 Å². The Morgan fingerprint density at radius 3 is 3.00 bits per heavy atom.